The van der Waals surface area contributed by atoms with Gasteiger partial charge in [-0.1, -0.05) is 0 Å². The van der Waals surface area contributed by atoms with Gasteiger partial charge in [0.1, 0.15) is 0 Å². The Hall–Kier alpha value is -1.04. The van der Waals surface area contributed by atoms with Gasteiger partial charge in [-0.05, 0) is 13.8 Å². The molecule has 212 valence electrons. The summed E-state index contributed by atoms with van der Waals surface area (Å²) >= 11 is 0. The molecule has 0 unspecified atom stereocenters. The summed E-state index contributed by atoms with van der Waals surface area (Å²) in [6, 6.07) is 0. The van der Waals surface area contributed by atoms with Gasteiger partial charge in [-0.3, -0.25) is 4.57 Å². The standard InChI is InChI=1S/C14H14F17O3P/c1-3-33-35(32,34-4-2)6-5-7(15,16)8(17,18)9(19,20)10(21,22)11(23,24)12(25,26)13(27,28)14(29,30)31/h3-6H2,1-2H3. The van der Waals surface area contributed by atoms with Crippen molar-refractivity contribution in [1.82, 2.24) is 0 Å². The van der Waals surface area contributed by atoms with Crippen LogP contribution in [0.25, 0.3) is 0 Å². The van der Waals surface area contributed by atoms with Crippen LogP contribution in [0.3, 0.4) is 0 Å². The number of hydrogen-bond acceptors (Lipinski definition) is 3. The minimum Gasteiger partial charge on any atom is -0.309 e. The third kappa shape index (κ3) is 5.33. The van der Waals surface area contributed by atoms with E-state index in [9.17, 15) is 79.2 Å². The molecule has 3 nitrogen and oxygen atoms in total. The Labute approximate surface area is 184 Å². The highest BCUT2D eigenvalue weighted by Gasteiger charge is 2.95. The monoisotopic (exact) mass is 584 g/mol. The van der Waals surface area contributed by atoms with Gasteiger partial charge in [0.15, 0.2) is 0 Å². The Morgan fingerprint density at radius 3 is 1.09 bits per heavy atom. The molecule has 0 rings (SSSR count). The lowest BCUT2D eigenvalue weighted by Crippen LogP contribution is -2.74. The van der Waals surface area contributed by atoms with Crippen molar-refractivity contribution in [3.63, 3.8) is 0 Å². The SMILES string of the molecule is CCOP(=O)(CCC(F)(F)C(F)(F)C(F)(F)C(F)(F)C(F)(F)C(F)(F)C(F)(F)C(F)(F)F)OCC. The summed E-state index contributed by atoms with van der Waals surface area (Å²) in [4.78, 5) is 0. The van der Waals surface area contributed by atoms with Crippen molar-refractivity contribution in [2.75, 3.05) is 19.4 Å². The van der Waals surface area contributed by atoms with Gasteiger partial charge in [0.25, 0.3) is 0 Å². The minimum absolute atomic E-state index is 0.637. The lowest BCUT2D eigenvalue weighted by Gasteiger charge is -2.42. The Bertz CT molecular complexity index is 766. The van der Waals surface area contributed by atoms with Gasteiger partial charge in [-0.25, -0.2) is 0 Å². The molecule has 0 aromatic carbocycles. The van der Waals surface area contributed by atoms with E-state index in [1.54, 1.807) is 0 Å². The van der Waals surface area contributed by atoms with Crippen molar-refractivity contribution >= 4 is 7.60 Å². The van der Waals surface area contributed by atoms with Crippen LogP contribution in [0.2, 0.25) is 0 Å². The van der Waals surface area contributed by atoms with Crippen LogP contribution < -0.4 is 0 Å². The van der Waals surface area contributed by atoms with E-state index in [1.165, 1.54) is 0 Å². The topological polar surface area (TPSA) is 35.5 Å². The Morgan fingerprint density at radius 2 is 0.800 bits per heavy atom. The van der Waals surface area contributed by atoms with E-state index in [0.29, 0.717) is 0 Å². The molecule has 0 atom stereocenters. The molecule has 21 heteroatoms. The van der Waals surface area contributed by atoms with Crippen LogP contribution >= 0.6 is 7.60 Å². The fourth-order valence-electron chi connectivity index (χ4n) is 2.19. The van der Waals surface area contributed by atoms with E-state index >= 15 is 0 Å². The van der Waals surface area contributed by atoms with Gasteiger partial charge in [-0.15, -0.1) is 0 Å². The molecule has 0 heterocycles. The second-order valence-corrected chi connectivity index (χ2v) is 8.75. The first-order valence-corrected chi connectivity index (χ1v) is 10.4. The first kappa shape index (κ1) is 34.0. The van der Waals surface area contributed by atoms with Crippen LogP contribution in [0, 0.1) is 0 Å². The molecular formula is C14H14F17O3P. The van der Waals surface area contributed by atoms with E-state index in [2.05, 4.69) is 9.05 Å². The summed E-state index contributed by atoms with van der Waals surface area (Å²) in [5.74, 6) is -56.9. The predicted molar refractivity (Wildman–Crippen MR) is 81.0 cm³/mol. The molecule has 0 N–H and O–H groups in total. The average Bonchev–Trinajstić information content (AvgIpc) is 2.65. The third-order valence-electron chi connectivity index (χ3n) is 4.14. The third-order valence-corrected chi connectivity index (χ3v) is 6.21. The maximum Gasteiger partial charge on any atom is 0.460 e. The molecule has 0 amide bonds. The van der Waals surface area contributed by atoms with Gasteiger partial charge >= 0.3 is 55.2 Å². The van der Waals surface area contributed by atoms with Crippen molar-refractivity contribution in [2.45, 2.75) is 67.9 Å². The molecule has 0 aliphatic carbocycles. The molecule has 0 saturated heterocycles. The van der Waals surface area contributed by atoms with Crippen molar-refractivity contribution in [3.05, 3.63) is 0 Å². The van der Waals surface area contributed by atoms with Gasteiger partial charge in [0, 0.05) is 6.42 Å². The highest BCUT2D eigenvalue weighted by atomic mass is 31.2. The van der Waals surface area contributed by atoms with Crippen LogP contribution in [0.1, 0.15) is 20.3 Å². The molecule has 0 aromatic heterocycles. The average molecular weight is 584 g/mol. The van der Waals surface area contributed by atoms with Crippen molar-refractivity contribution in [1.29, 1.82) is 0 Å². The number of rotatable bonds is 13. The van der Waals surface area contributed by atoms with E-state index in [4.69, 9.17) is 0 Å². The van der Waals surface area contributed by atoms with Gasteiger partial charge in [0.05, 0.1) is 19.4 Å². The highest BCUT2D eigenvalue weighted by Crippen LogP contribution is 2.64. The summed E-state index contributed by atoms with van der Waals surface area (Å²) in [5, 5.41) is 0. The zero-order valence-corrected chi connectivity index (χ0v) is 17.8. The summed E-state index contributed by atoms with van der Waals surface area (Å²) in [6.07, 6.45) is -12.6. The highest BCUT2D eigenvalue weighted by molar-refractivity contribution is 7.53. The van der Waals surface area contributed by atoms with E-state index in [-0.39, 0.29) is 0 Å². The van der Waals surface area contributed by atoms with Crippen molar-refractivity contribution < 1.29 is 88.2 Å². The zero-order valence-electron chi connectivity index (χ0n) is 16.9. The lowest BCUT2D eigenvalue weighted by atomic mass is 9.88. The summed E-state index contributed by atoms with van der Waals surface area (Å²) < 4.78 is 244. The normalized spacial score (nSPS) is 16.1. The smallest absolute Gasteiger partial charge is 0.309 e. The minimum atomic E-state index is -8.69. The van der Waals surface area contributed by atoms with Crippen LogP contribution in [0.5, 0.6) is 0 Å². The van der Waals surface area contributed by atoms with Gasteiger partial charge in [0.2, 0.25) is 0 Å². The molecule has 0 bridgehead atoms. The summed E-state index contributed by atoms with van der Waals surface area (Å²) in [7, 11) is -4.82. The zero-order chi connectivity index (χ0) is 28.7. The predicted octanol–water partition coefficient (Wildman–Crippen LogP) is 7.65. The maximum atomic E-state index is 13.8. The first-order valence-electron chi connectivity index (χ1n) is 8.67. The molecule has 0 saturated carbocycles. The second kappa shape index (κ2) is 9.68. The molecule has 0 aliphatic heterocycles. The molecular weight excluding hydrogens is 570 g/mol. The van der Waals surface area contributed by atoms with E-state index < -0.39 is 81.0 Å². The number of alkyl halides is 17. The number of halogens is 17. The van der Waals surface area contributed by atoms with Crippen LogP contribution in [0.4, 0.5) is 74.6 Å². The van der Waals surface area contributed by atoms with Crippen LogP contribution in [0.15, 0.2) is 0 Å². The largest absolute Gasteiger partial charge is 0.460 e. The summed E-state index contributed by atoms with van der Waals surface area (Å²) in [6.45, 7) is 0.794. The fraction of sp³-hybridized carbons (Fsp3) is 1.00. The Kier molecular flexibility index (Phi) is 9.40. The molecule has 0 aliphatic rings. The van der Waals surface area contributed by atoms with Gasteiger partial charge in [-0.2, -0.15) is 74.6 Å². The Balaban J connectivity index is 6.51. The molecule has 35 heavy (non-hydrogen) atoms. The summed E-state index contributed by atoms with van der Waals surface area (Å²) in [5.41, 5.74) is 0. The van der Waals surface area contributed by atoms with Crippen molar-refractivity contribution in [2.24, 2.45) is 0 Å². The quantitative estimate of drug-likeness (QED) is 0.165. The molecule has 0 radical (unpaired) electrons. The Morgan fingerprint density at radius 1 is 0.514 bits per heavy atom. The van der Waals surface area contributed by atoms with Crippen LogP contribution in [-0.4, -0.2) is 67.0 Å². The maximum absolute atomic E-state index is 13.8. The lowest BCUT2D eigenvalue weighted by molar-refractivity contribution is -0.461. The fourth-order valence-corrected chi connectivity index (χ4v) is 3.86. The van der Waals surface area contributed by atoms with E-state index in [1.807, 2.05) is 0 Å². The van der Waals surface area contributed by atoms with Crippen LogP contribution in [-0.2, 0) is 13.6 Å². The second-order valence-electron chi connectivity index (χ2n) is 6.57. The molecule has 0 aromatic rings. The van der Waals surface area contributed by atoms with E-state index in [0.717, 1.165) is 13.8 Å². The first-order chi connectivity index (χ1) is 15.1. The van der Waals surface area contributed by atoms with Crippen molar-refractivity contribution in [3.8, 4) is 0 Å². The number of hydrogen-bond donors (Lipinski definition) is 0. The molecule has 0 fully saturated rings. The molecule has 0 spiro atoms. The van der Waals surface area contributed by atoms with Gasteiger partial charge < -0.3 is 9.05 Å².